The maximum absolute atomic E-state index is 13.6. The van der Waals surface area contributed by atoms with Crippen LogP contribution >= 0.6 is 11.6 Å². The van der Waals surface area contributed by atoms with Crippen LogP contribution in [0.25, 0.3) is 5.57 Å². The van der Waals surface area contributed by atoms with Crippen molar-refractivity contribution in [3.63, 3.8) is 0 Å². The van der Waals surface area contributed by atoms with Gasteiger partial charge in [-0.1, -0.05) is 74.8 Å². The maximum Gasteiger partial charge on any atom is 0.282 e. The molecule has 0 aromatic heterocycles. The minimum absolute atomic E-state index is 0.0408. The van der Waals surface area contributed by atoms with Gasteiger partial charge in [0.1, 0.15) is 11.4 Å². The molecule has 1 aliphatic rings. The summed E-state index contributed by atoms with van der Waals surface area (Å²) in [6.45, 7) is 6.34. The van der Waals surface area contributed by atoms with Gasteiger partial charge in [0, 0.05) is 5.02 Å². The molecule has 1 aliphatic heterocycles. The molecule has 0 atom stereocenters. The molecular weight excluding hydrogens is 436 g/mol. The molecule has 6 heteroatoms. The molecule has 0 aliphatic carbocycles. The van der Waals surface area contributed by atoms with Crippen molar-refractivity contribution in [1.29, 1.82) is 0 Å². The van der Waals surface area contributed by atoms with Crippen LogP contribution in [0.1, 0.15) is 31.9 Å². The van der Waals surface area contributed by atoms with Gasteiger partial charge in [0.15, 0.2) is 0 Å². The number of hydrogen-bond acceptors (Lipinski definition) is 4. The Labute approximate surface area is 198 Å². The Kier molecular flexibility index (Phi) is 6.00. The molecule has 1 N–H and O–H groups in total. The summed E-state index contributed by atoms with van der Waals surface area (Å²) < 4.78 is 5.42. The van der Waals surface area contributed by atoms with Crippen LogP contribution in [0.15, 0.2) is 78.5 Å². The van der Waals surface area contributed by atoms with Gasteiger partial charge in [0.05, 0.1) is 24.1 Å². The number of carbonyl (C=O) groups is 2. The lowest BCUT2D eigenvalue weighted by Gasteiger charge is -2.21. The third kappa shape index (κ3) is 4.37. The van der Waals surface area contributed by atoms with Crippen molar-refractivity contribution in [3.05, 3.63) is 94.6 Å². The number of carbonyl (C=O) groups excluding carboxylic acids is 2. The van der Waals surface area contributed by atoms with E-state index in [0.29, 0.717) is 33.3 Å². The van der Waals surface area contributed by atoms with E-state index in [-0.39, 0.29) is 11.1 Å². The van der Waals surface area contributed by atoms with Gasteiger partial charge in [0.2, 0.25) is 0 Å². The summed E-state index contributed by atoms with van der Waals surface area (Å²) >= 11 is 6.18. The lowest BCUT2D eigenvalue weighted by molar-refractivity contribution is -0.120. The second-order valence-corrected chi connectivity index (χ2v) is 9.26. The second kappa shape index (κ2) is 8.75. The Hall–Kier alpha value is -3.57. The summed E-state index contributed by atoms with van der Waals surface area (Å²) in [5.41, 5.74) is 3.20. The highest BCUT2D eigenvalue weighted by Crippen LogP contribution is 2.37. The minimum Gasteiger partial charge on any atom is -0.495 e. The fourth-order valence-electron chi connectivity index (χ4n) is 3.78. The van der Waals surface area contributed by atoms with Crippen LogP contribution in [-0.2, 0) is 15.0 Å². The van der Waals surface area contributed by atoms with Crippen molar-refractivity contribution in [3.8, 4) is 5.75 Å². The predicted octanol–water partition coefficient (Wildman–Crippen LogP) is 6.04. The molecule has 0 saturated heterocycles. The largest absolute Gasteiger partial charge is 0.495 e. The molecule has 2 amide bonds. The number of halogens is 1. The van der Waals surface area contributed by atoms with E-state index in [9.17, 15) is 9.59 Å². The average Bonchev–Trinajstić information content (AvgIpc) is 3.03. The zero-order valence-electron chi connectivity index (χ0n) is 19.0. The van der Waals surface area contributed by atoms with Gasteiger partial charge in [-0.2, -0.15) is 0 Å². The average molecular weight is 461 g/mol. The molecule has 0 bridgehead atoms. The van der Waals surface area contributed by atoms with Gasteiger partial charge < -0.3 is 10.1 Å². The lowest BCUT2D eigenvalue weighted by atomic mass is 9.87. The van der Waals surface area contributed by atoms with Crippen molar-refractivity contribution in [2.45, 2.75) is 26.2 Å². The van der Waals surface area contributed by atoms with Gasteiger partial charge in [-0.15, -0.1) is 0 Å². The highest BCUT2D eigenvalue weighted by Gasteiger charge is 2.40. The van der Waals surface area contributed by atoms with E-state index < -0.39 is 11.8 Å². The smallest absolute Gasteiger partial charge is 0.282 e. The number of nitrogens with zero attached hydrogens (tertiary/aromatic N) is 1. The number of benzene rings is 3. The standard InChI is InChI=1S/C27H25ClN2O3/c1-27(2,3)18-10-13-20(14-11-18)30-25(31)23(17-8-6-5-7-9-17)24(26(30)32)29-21-16-19(28)12-15-22(21)33-4/h5-16,29H,1-4H3. The number of imide groups is 1. The molecule has 0 spiro atoms. The summed E-state index contributed by atoms with van der Waals surface area (Å²) in [5.74, 6) is -0.324. The van der Waals surface area contributed by atoms with Crippen molar-refractivity contribution < 1.29 is 14.3 Å². The molecule has 0 saturated carbocycles. The third-order valence-electron chi connectivity index (χ3n) is 5.56. The first-order chi connectivity index (χ1) is 15.7. The van der Waals surface area contributed by atoms with E-state index in [2.05, 4.69) is 26.1 Å². The molecule has 5 nitrogen and oxygen atoms in total. The van der Waals surface area contributed by atoms with E-state index in [0.717, 1.165) is 5.56 Å². The Bertz CT molecular complexity index is 1240. The Morgan fingerprint density at radius 3 is 2.15 bits per heavy atom. The van der Waals surface area contributed by atoms with Crippen LogP contribution in [0.4, 0.5) is 11.4 Å². The van der Waals surface area contributed by atoms with Crippen LogP contribution in [0.5, 0.6) is 5.75 Å². The van der Waals surface area contributed by atoms with Gasteiger partial charge in [-0.3, -0.25) is 9.59 Å². The van der Waals surface area contributed by atoms with Gasteiger partial charge >= 0.3 is 0 Å². The number of hydrogen-bond donors (Lipinski definition) is 1. The Balaban J connectivity index is 1.80. The molecule has 0 radical (unpaired) electrons. The van der Waals surface area contributed by atoms with Crippen molar-refractivity contribution in [2.24, 2.45) is 0 Å². The van der Waals surface area contributed by atoms with E-state index in [4.69, 9.17) is 16.3 Å². The molecule has 3 aromatic rings. The summed E-state index contributed by atoms with van der Waals surface area (Å²) in [7, 11) is 1.53. The van der Waals surface area contributed by atoms with E-state index in [1.165, 1.54) is 12.0 Å². The monoisotopic (exact) mass is 460 g/mol. The van der Waals surface area contributed by atoms with Gasteiger partial charge in [0.25, 0.3) is 11.8 Å². The number of anilines is 2. The van der Waals surface area contributed by atoms with Crippen LogP contribution < -0.4 is 15.0 Å². The van der Waals surface area contributed by atoms with Gasteiger partial charge in [-0.25, -0.2) is 4.90 Å². The third-order valence-corrected chi connectivity index (χ3v) is 5.79. The summed E-state index contributed by atoms with van der Waals surface area (Å²) in [5, 5.41) is 3.60. The first-order valence-electron chi connectivity index (χ1n) is 10.6. The number of nitrogens with one attached hydrogen (secondary N) is 1. The molecule has 168 valence electrons. The molecule has 4 rings (SSSR count). The lowest BCUT2D eigenvalue weighted by Crippen LogP contribution is -2.32. The first-order valence-corrected chi connectivity index (χ1v) is 11.0. The highest BCUT2D eigenvalue weighted by molar-refractivity contribution is 6.46. The number of methoxy groups -OCH3 is 1. The topological polar surface area (TPSA) is 58.6 Å². The summed E-state index contributed by atoms with van der Waals surface area (Å²) in [6.07, 6.45) is 0. The zero-order chi connectivity index (χ0) is 23.8. The fourth-order valence-corrected chi connectivity index (χ4v) is 3.95. The summed E-state index contributed by atoms with van der Waals surface area (Å²) in [6, 6.07) is 21.7. The SMILES string of the molecule is COc1ccc(Cl)cc1NC1=C(c2ccccc2)C(=O)N(c2ccc(C(C)(C)C)cc2)C1=O. The van der Waals surface area contributed by atoms with Gasteiger partial charge in [-0.05, 0) is 46.9 Å². The van der Waals surface area contributed by atoms with Crippen molar-refractivity contribution in [1.82, 2.24) is 0 Å². The molecule has 0 unspecified atom stereocenters. The Morgan fingerprint density at radius 1 is 0.879 bits per heavy atom. The summed E-state index contributed by atoms with van der Waals surface area (Å²) in [4.78, 5) is 28.4. The fraction of sp³-hybridized carbons (Fsp3) is 0.185. The van der Waals surface area contributed by atoms with E-state index >= 15 is 0 Å². The molecule has 1 heterocycles. The number of ether oxygens (including phenoxy) is 1. The molecule has 33 heavy (non-hydrogen) atoms. The van der Waals surface area contributed by atoms with E-state index in [1.54, 1.807) is 18.2 Å². The Morgan fingerprint density at radius 2 is 1.55 bits per heavy atom. The van der Waals surface area contributed by atoms with E-state index in [1.807, 2.05) is 54.6 Å². The van der Waals surface area contributed by atoms with Crippen LogP contribution in [0.2, 0.25) is 5.02 Å². The normalized spacial score (nSPS) is 14.2. The van der Waals surface area contributed by atoms with Crippen LogP contribution in [0, 0.1) is 0 Å². The van der Waals surface area contributed by atoms with Crippen molar-refractivity contribution in [2.75, 3.05) is 17.3 Å². The predicted molar refractivity (Wildman–Crippen MR) is 133 cm³/mol. The highest BCUT2D eigenvalue weighted by atomic mass is 35.5. The molecule has 0 fully saturated rings. The minimum atomic E-state index is -0.440. The second-order valence-electron chi connectivity index (χ2n) is 8.83. The molecule has 3 aromatic carbocycles. The van der Waals surface area contributed by atoms with Crippen LogP contribution in [0.3, 0.4) is 0 Å². The quantitative estimate of drug-likeness (QED) is 0.471. The first kappa shape index (κ1) is 22.6. The zero-order valence-corrected chi connectivity index (χ0v) is 19.7. The number of amides is 2. The number of rotatable bonds is 5. The maximum atomic E-state index is 13.6. The molecular formula is C27H25ClN2O3. The van der Waals surface area contributed by atoms with Crippen LogP contribution in [-0.4, -0.2) is 18.9 Å². The van der Waals surface area contributed by atoms with Crippen molar-refractivity contribution >= 4 is 40.4 Å².